The second-order valence-corrected chi connectivity index (χ2v) is 6.36. The molecule has 6 heteroatoms. The Kier molecular flexibility index (Phi) is 3.74. The average molecular weight is 322 g/mol. The molecule has 0 spiro atoms. The van der Waals surface area contributed by atoms with Crippen molar-refractivity contribution in [1.82, 2.24) is 10.5 Å². The van der Waals surface area contributed by atoms with E-state index in [1.807, 2.05) is 19.1 Å². The number of aromatic nitrogens is 1. The monoisotopic (exact) mass is 322 g/mol. The minimum Gasteiger partial charge on any atom is -0.344 e. The van der Waals surface area contributed by atoms with Crippen LogP contribution in [-0.4, -0.2) is 16.1 Å². The van der Waals surface area contributed by atoms with E-state index in [4.69, 9.17) is 11.8 Å². The Morgan fingerprint density at radius 3 is 2.88 bits per heavy atom. The molecule has 6 nitrogen and oxygen atoms in total. The molecule has 0 saturated carbocycles. The molecule has 0 atom stereocenters. The lowest BCUT2D eigenvalue weighted by Gasteiger charge is -2.33. The van der Waals surface area contributed by atoms with Crippen LogP contribution in [-0.2, 0) is 12.1 Å². The largest absolute Gasteiger partial charge is 0.344 e. The van der Waals surface area contributed by atoms with Crippen LogP contribution in [0.4, 0.5) is 11.5 Å². The van der Waals surface area contributed by atoms with Gasteiger partial charge in [-0.15, -0.1) is 0 Å². The predicted octanol–water partition coefficient (Wildman–Crippen LogP) is 3.32. The second-order valence-electron chi connectivity index (χ2n) is 6.36. The summed E-state index contributed by atoms with van der Waals surface area (Å²) in [4.78, 5) is 22.0. The van der Waals surface area contributed by atoms with E-state index in [0.29, 0.717) is 23.6 Å². The molecule has 0 bridgehead atoms. The summed E-state index contributed by atoms with van der Waals surface area (Å²) in [7, 11) is 0. The van der Waals surface area contributed by atoms with E-state index >= 15 is 0 Å². The first kappa shape index (κ1) is 16.0. The van der Waals surface area contributed by atoms with E-state index in [1.165, 1.54) is 0 Å². The third-order valence-electron chi connectivity index (χ3n) is 4.63. The first-order valence-corrected chi connectivity index (χ1v) is 7.58. The van der Waals surface area contributed by atoms with Gasteiger partial charge in [0, 0.05) is 18.3 Å². The molecule has 0 fully saturated rings. The van der Waals surface area contributed by atoms with Crippen molar-refractivity contribution in [2.24, 2.45) is 0 Å². The minimum absolute atomic E-state index is 0.386. The summed E-state index contributed by atoms with van der Waals surface area (Å²) in [5, 5.41) is 8.97. The lowest BCUT2D eigenvalue weighted by Crippen LogP contribution is -2.35. The highest BCUT2D eigenvalue weighted by Crippen LogP contribution is 2.43. The van der Waals surface area contributed by atoms with E-state index in [2.05, 4.69) is 28.6 Å². The fraction of sp³-hybridized carbons (Fsp3) is 0.278. The van der Waals surface area contributed by atoms with Gasteiger partial charge in [-0.05, 0) is 49.6 Å². The normalized spacial score (nSPS) is 14.9. The van der Waals surface area contributed by atoms with Crippen molar-refractivity contribution >= 4 is 17.4 Å². The Balaban J connectivity index is 2.11. The maximum absolute atomic E-state index is 11.9. The van der Waals surface area contributed by atoms with Gasteiger partial charge in [0.25, 0.3) is 5.91 Å². The second kappa shape index (κ2) is 5.62. The van der Waals surface area contributed by atoms with Crippen LogP contribution in [0.3, 0.4) is 0 Å². The molecule has 1 amide bonds. The number of nitrogens with one attached hydrogen (secondary N) is 1. The van der Waals surface area contributed by atoms with Gasteiger partial charge in [-0.25, -0.2) is 15.3 Å². The van der Waals surface area contributed by atoms with Crippen molar-refractivity contribution < 1.29 is 10.0 Å². The molecule has 2 heterocycles. The number of hydrogen-bond acceptors (Lipinski definition) is 4. The summed E-state index contributed by atoms with van der Waals surface area (Å²) >= 11 is 0. The van der Waals surface area contributed by atoms with Gasteiger partial charge in [0.2, 0.25) is 0 Å². The van der Waals surface area contributed by atoms with E-state index < -0.39 is 5.91 Å². The molecule has 1 aromatic carbocycles. The summed E-state index contributed by atoms with van der Waals surface area (Å²) in [5.41, 5.74) is 5.04. The number of pyridine rings is 1. The lowest BCUT2D eigenvalue weighted by molar-refractivity contribution is 0.0705. The van der Waals surface area contributed by atoms with Gasteiger partial charge in [0.15, 0.2) is 5.69 Å². The van der Waals surface area contributed by atoms with Crippen LogP contribution < -0.4 is 10.4 Å². The number of benzene rings is 1. The maximum Gasteiger partial charge on any atom is 0.274 e. The highest BCUT2D eigenvalue weighted by molar-refractivity contribution is 5.95. The standard InChI is InChI=1S/C18H18N4O2/c1-11-9-20-16(8-15(11)19-4)22-10-13-12(17(23)21-24)6-5-7-14(13)18(22,2)3/h5-9,24H,10H2,1-3H3,(H,21,23). The van der Waals surface area contributed by atoms with Crippen molar-refractivity contribution in [1.29, 1.82) is 0 Å². The van der Waals surface area contributed by atoms with Crippen LogP contribution in [0, 0.1) is 13.5 Å². The van der Waals surface area contributed by atoms with Crippen LogP contribution >= 0.6 is 0 Å². The molecular formula is C18H18N4O2. The average Bonchev–Trinajstić information content (AvgIpc) is 2.86. The Labute approximate surface area is 140 Å². The Bertz CT molecular complexity index is 868. The number of anilines is 1. The minimum atomic E-state index is -0.525. The quantitative estimate of drug-likeness (QED) is 0.505. The topological polar surface area (TPSA) is 69.8 Å². The van der Waals surface area contributed by atoms with Crippen molar-refractivity contribution in [2.75, 3.05) is 4.90 Å². The molecule has 1 aliphatic rings. The van der Waals surface area contributed by atoms with E-state index in [-0.39, 0.29) is 5.54 Å². The summed E-state index contributed by atoms with van der Waals surface area (Å²) < 4.78 is 0. The molecule has 2 N–H and O–H groups in total. The van der Waals surface area contributed by atoms with Gasteiger partial charge < -0.3 is 4.90 Å². The van der Waals surface area contributed by atoms with Crippen LogP contribution in [0.1, 0.15) is 40.9 Å². The van der Waals surface area contributed by atoms with Crippen molar-refractivity contribution in [3.8, 4) is 0 Å². The fourth-order valence-corrected chi connectivity index (χ4v) is 3.24. The number of hydroxylamine groups is 1. The smallest absolute Gasteiger partial charge is 0.274 e. The number of carbonyl (C=O) groups excluding carboxylic acids is 1. The van der Waals surface area contributed by atoms with Crippen LogP contribution in [0.2, 0.25) is 0 Å². The predicted molar refractivity (Wildman–Crippen MR) is 90.1 cm³/mol. The van der Waals surface area contributed by atoms with Gasteiger partial charge in [0.05, 0.1) is 12.1 Å². The molecular weight excluding hydrogens is 304 g/mol. The highest BCUT2D eigenvalue weighted by Gasteiger charge is 2.40. The highest BCUT2D eigenvalue weighted by atomic mass is 16.5. The number of carbonyl (C=O) groups is 1. The number of aryl methyl sites for hydroxylation is 1. The van der Waals surface area contributed by atoms with Crippen molar-refractivity contribution in [3.63, 3.8) is 0 Å². The molecule has 0 radical (unpaired) electrons. The summed E-state index contributed by atoms with van der Waals surface area (Å²) in [6.07, 6.45) is 1.70. The van der Waals surface area contributed by atoms with E-state index in [0.717, 1.165) is 16.7 Å². The molecule has 1 aromatic heterocycles. The first-order chi connectivity index (χ1) is 11.4. The van der Waals surface area contributed by atoms with Gasteiger partial charge >= 0.3 is 0 Å². The van der Waals surface area contributed by atoms with E-state index in [9.17, 15) is 4.79 Å². The van der Waals surface area contributed by atoms with Crippen LogP contribution in [0.15, 0.2) is 30.5 Å². The lowest BCUT2D eigenvalue weighted by atomic mass is 9.91. The number of rotatable bonds is 2. The molecule has 2 aromatic rings. The zero-order valence-electron chi connectivity index (χ0n) is 13.8. The van der Waals surface area contributed by atoms with Gasteiger partial charge in [-0.2, -0.15) is 0 Å². The number of nitrogens with zero attached hydrogens (tertiary/aromatic N) is 3. The van der Waals surface area contributed by atoms with Crippen molar-refractivity contribution in [2.45, 2.75) is 32.9 Å². The molecule has 3 rings (SSSR count). The first-order valence-electron chi connectivity index (χ1n) is 7.58. The third kappa shape index (κ3) is 2.30. The molecule has 1 aliphatic heterocycles. The third-order valence-corrected chi connectivity index (χ3v) is 4.63. The molecule has 0 aliphatic carbocycles. The van der Waals surface area contributed by atoms with Gasteiger partial charge in [-0.3, -0.25) is 10.0 Å². The zero-order chi connectivity index (χ0) is 17.5. The molecule has 24 heavy (non-hydrogen) atoms. The Morgan fingerprint density at radius 2 is 2.21 bits per heavy atom. The number of hydrogen-bond donors (Lipinski definition) is 2. The molecule has 122 valence electrons. The maximum atomic E-state index is 11.9. The van der Waals surface area contributed by atoms with Crippen molar-refractivity contribution in [3.05, 3.63) is 64.1 Å². The summed E-state index contributed by atoms with van der Waals surface area (Å²) in [6, 6.07) is 7.26. The van der Waals surface area contributed by atoms with E-state index in [1.54, 1.807) is 23.8 Å². The van der Waals surface area contributed by atoms with Crippen LogP contribution in [0.25, 0.3) is 4.85 Å². The molecule has 0 saturated heterocycles. The van der Waals surface area contributed by atoms with Gasteiger partial charge in [-0.1, -0.05) is 12.1 Å². The number of fused-ring (bicyclic) bond motifs is 1. The summed E-state index contributed by atoms with van der Waals surface area (Å²) in [6.45, 7) is 13.7. The molecule has 0 unspecified atom stereocenters. The summed E-state index contributed by atoms with van der Waals surface area (Å²) in [5.74, 6) is 0.173. The number of amides is 1. The van der Waals surface area contributed by atoms with Crippen LogP contribution in [0.5, 0.6) is 0 Å². The SMILES string of the molecule is [C-]#[N+]c1cc(N2Cc3c(C(=O)NO)cccc3C2(C)C)ncc1C. The Hall–Kier alpha value is -2.91. The Morgan fingerprint density at radius 1 is 1.46 bits per heavy atom. The zero-order valence-corrected chi connectivity index (χ0v) is 13.8. The van der Waals surface area contributed by atoms with Gasteiger partial charge in [0.1, 0.15) is 5.82 Å². The fourth-order valence-electron chi connectivity index (χ4n) is 3.24.